The van der Waals surface area contributed by atoms with Crippen molar-refractivity contribution in [2.45, 2.75) is 31.7 Å². The average Bonchev–Trinajstić information content (AvgIpc) is 2.46. The predicted molar refractivity (Wildman–Crippen MR) is 76.3 cm³/mol. The zero-order valence-corrected chi connectivity index (χ0v) is 11.9. The molecule has 1 amide bonds. The molecule has 1 aromatic carbocycles. The van der Waals surface area contributed by atoms with Crippen molar-refractivity contribution in [2.24, 2.45) is 5.92 Å². The minimum atomic E-state index is -0.281. The van der Waals surface area contributed by atoms with Crippen LogP contribution < -0.4 is 0 Å². The van der Waals surface area contributed by atoms with E-state index < -0.39 is 0 Å². The minimum absolute atomic E-state index is 0.0657. The number of piperidine rings is 1. The van der Waals surface area contributed by atoms with E-state index in [0.717, 1.165) is 31.5 Å². The molecule has 1 aromatic rings. The van der Waals surface area contributed by atoms with Crippen molar-refractivity contribution in [1.29, 1.82) is 0 Å². The van der Waals surface area contributed by atoms with E-state index in [1.165, 1.54) is 0 Å². The van der Waals surface area contributed by atoms with Gasteiger partial charge in [0, 0.05) is 24.5 Å². The number of aliphatic hydroxyl groups excluding tert-OH is 1. The summed E-state index contributed by atoms with van der Waals surface area (Å²) in [6, 6.07) is 7.48. The molecule has 1 atom stereocenters. The molecule has 0 bridgehead atoms. The topological polar surface area (TPSA) is 40.5 Å². The Labute approximate surface area is 119 Å². The summed E-state index contributed by atoms with van der Waals surface area (Å²) in [7, 11) is 0. The molecular weight excluding hydrogens is 262 g/mol. The van der Waals surface area contributed by atoms with Gasteiger partial charge >= 0.3 is 0 Å². The maximum absolute atomic E-state index is 12.4. The zero-order chi connectivity index (χ0) is 13.8. The van der Waals surface area contributed by atoms with Gasteiger partial charge in [-0.25, -0.2) is 0 Å². The molecule has 1 aliphatic rings. The van der Waals surface area contributed by atoms with Crippen molar-refractivity contribution in [3.63, 3.8) is 0 Å². The van der Waals surface area contributed by atoms with Gasteiger partial charge in [-0.1, -0.05) is 12.1 Å². The zero-order valence-electron chi connectivity index (χ0n) is 11.2. The van der Waals surface area contributed by atoms with Crippen LogP contribution in [0.3, 0.4) is 0 Å². The Hall–Kier alpha value is -1.06. The van der Waals surface area contributed by atoms with Gasteiger partial charge in [0.25, 0.3) is 5.91 Å². The van der Waals surface area contributed by atoms with Gasteiger partial charge in [-0.15, -0.1) is 11.6 Å². The molecule has 1 saturated heterocycles. The van der Waals surface area contributed by atoms with Gasteiger partial charge in [0.2, 0.25) is 0 Å². The van der Waals surface area contributed by atoms with Crippen molar-refractivity contribution in [1.82, 2.24) is 4.90 Å². The molecule has 0 aliphatic carbocycles. The summed E-state index contributed by atoms with van der Waals surface area (Å²) in [6.07, 6.45) is 1.47. The molecule has 1 N–H and O–H groups in total. The largest absolute Gasteiger partial charge is 0.393 e. The summed E-state index contributed by atoms with van der Waals surface area (Å²) in [6.45, 7) is 3.27. The van der Waals surface area contributed by atoms with Crippen LogP contribution in [0.15, 0.2) is 24.3 Å². The van der Waals surface area contributed by atoms with Gasteiger partial charge < -0.3 is 10.0 Å². The molecule has 1 unspecified atom stereocenters. The first-order chi connectivity index (χ1) is 9.11. The smallest absolute Gasteiger partial charge is 0.253 e. The first-order valence-corrected chi connectivity index (χ1v) is 7.27. The number of likely N-dealkylation sites (tertiary alicyclic amines) is 1. The second kappa shape index (κ2) is 6.40. The third-order valence-electron chi connectivity index (χ3n) is 3.84. The molecule has 0 aromatic heterocycles. The third kappa shape index (κ3) is 3.48. The van der Waals surface area contributed by atoms with Crippen molar-refractivity contribution in [3.8, 4) is 0 Å². The van der Waals surface area contributed by atoms with Crippen LogP contribution in [0.1, 0.15) is 35.7 Å². The fraction of sp³-hybridized carbons (Fsp3) is 0.533. The highest BCUT2D eigenvalue weighted by Gasteiger charge is 2.25. The lowest BCUT2D eigenvalue weighted by Crippen LogP contribution is -2.40. The van der Waals surface area contributed by atoms with Crippen LogP contribution in [0, 0.1) is 5.92 Å². The van der Waals surface area contributed by atoms with Crippen LogP contribution in [0.4, 0.5) is 0 Å². The Balaban J connectivity index is 2.01. The highest BCUT2D eigenvalue weighted by molar-refractivity contribution is 6.17. The quantitative estimate of drug-likeness (QED) is 0.866. The van der Waals surface area contributed by atoms with E-state index in [1.807, 2.05) is 36.1 Å². The van der Waals surface area contributed by atoms with E-state index in [2.05, 4.69) is 0 Å². The van der Waals surface area contributed by atoms with Crippen LogP contribution in [-0.4, -0.2) is 35.1 Å². The van der Waals surface area contributed by atoms with Crippen LogP contribution in [-0.2, 0) is 5.88 Å². The second-order valence-electron chi connectivity index (χ2n) is 5.20. The van der Waals surface area contributed by atoms with Crippen LogP contribution in [0.25, 0.3) is 0 Å². The number of amides is 1. The number of hydrogen-bond donors (Lipinski definition) is 1. The Morgan fingerprint density at radius 1 is 1.47 bits per heavy atom. The molecule has 0 radical (unpaired) electrons. The molecule has 19 heavy (non-hydrogen) atoms. The van der Waals surface area contributed by atoms with Crippen molar-refractivity contribution < 1.29 is 9.90 Å². The van der Waals surface area contributed by atoms with E-state index in [4.69, 9.17) is 11.6 Å². The summed E-state index contributed by atoms with van der Waals surface area (Å²) >= 11 is 5.79. The van der Waals surface area contributed by atoms with Gasteiger partial charge in [0.05, 0.1) is 6.10 Å². The van der Waals surface area contributed by atoms with E-state index >= 15 is 0 Å². The lowest BCUT2D eigenvalue weighted by atomic mass is 9.92. The molecule has 4 heteroatoms. The highest BCUT2D eigenvalue weighted by atomic mass is 35.5. The summed E-state index contributed by atoms with van der Waals surface area (Å²) in [4.78, 5) is 14.2. The number of hydrogen-bond acceptors (Lipinski definition) is 2. The van der Waals surface area contributed by atoms with E-state index in [-0.39, 0.29) is 12.0 Å². The average molecular weight is 282 g/mol. The molecule has 0 saturated carbocycles. The number of rotatable bonds is 3. The molecular formula is C15H20ClNO2. The van der Waals surface area contributed by atoms with Crippen LogP contribution in [0.2, 0.25) is 0 Å². The normalized spacial score (nSPS) is 18.4. The fourth-order valence-electron chi connectivity index (χ4n) is 2.56. The van der Waals surface area contributed by atoms with Gasteiger partial charge in [-0.3, -0.25) is 4.79 Å². The summed E-state index contributed by atoms with van der Waals surface area (Å²) in [5.74, 6) is 0.805. The highest BCUT2D eigenvalue weighted by Crippen LogP contribution is 2.22. The third-order valence-corrected chi connectivity index (χ3v) is 4.15. The maximum Gasteiger partial charge on any atom is 0.253 e. The Kier molecular flexibility index (Phi) is 4.83. The van der Waals surface area contributed by atoms with Gasteiger partial charge in [-0.05, 0) is 43.4 Å². The Morgan fingerprint density at radius 2 is 2.16 bits per heavy atom. The number of halogens is 1. The second-order valence-corrected chi connectivity index (χ2v) is 5.47. The SMILES string of the molecule is CC(O)C1CCN(C(=O)c2cccc(CCl)c2)CC1. The lowest BCUT2D eigenvalue weighted by Gasteiger charge is -2.33. The lowest BCUT2D eigenvalue weighted by molar-refractivity contribution is 0.0521. The maximum atomic E-state index is 12.4. The number of benzene rings is 1. The molecule has 3 nitrogen and oxygen atoms in total. The number of nitrogens with zero attached hydrogens (tertiary/aromatic N) is 1. The Bertz CT molecular complexity index is 440. The molecule has 1 heterocycles. The van der Waals surface area contributed by atoms with E-state index in [1.54, 1.807) is 0 Å². The predicted octanol–water partition coefficient (Wildman–Crippen LogP) is 2.66. The first-order valence-electron chi connectivity index (χ1n) is 6.74. The molecule has 1 fully saturated rings. The van der Waals surface area contributed by atoms with Crippen molar-refractivity contribution in [3.05, 3.63) is 35.4 Å². The summed E-state index contributed by atoms with van der Waals surface area (Å²) in [5, 5.41) is 9.57. The van der Waals surface area contributed by atoms with Crippen molar-refractivity contribution >= 4 is 17.5 Å². The molecule has 1 aliphatic heterocycles. The number of carbonyl (C=O) groups is 1. The number of carbonyl (C=O) groups excluding carboxylic acids is 1. The van der Waals surface area contributed by atoms with E-state index in [9.17, 15) is 9.90 Å². The van der Waals surface area contributed by atoms with Crippen LogP contribution >= 0.6 is 11.6 Å². The minimum Gasteiger partial charge on any atom is -0.393 e. The number of aliphatic hydroxyl groups is 1. The Morgan fingerprint density at radius 3 is 2.74 bits per heavy atom. The summed E-state index contributed by atoms with van der Waals surface area (Å²) in [5.41, 5.74) is 1.67. The van der Waals surface area contributed by atoms with Gasteiger partial charge in [-0.2, -0.15) is 0 Å². The number of alkyl halides is 1. The molecule has 104 valence electrons. The summed E-state index contributed by atoms with van der Waals surface area (Å²) < 4.78 is 0. The van der Waals surface area contributed by atoms with E-state index in [0.29, 0.717) is 17.4 Å². The van der Waals surface area contributed by atoms with Crippen molar-refractivity contribution in [2.75, 3.05) is 13.1 Å². The fourth-order valence-corrected chi connectivity index (χ4v) is 2.72. The molecule has 0 spiro atoms. The first kappa shape index (κ1) is 14.4. The van der Waals surface area contributed by atoms with Gasteiger partial charge in [0.1, 0.15) is 0 Å². The van der Waals surface area contributed by atoms with Gasteiger partial charge in [0.15, 0.2) is 0 Å². The monoisotopic (exact) mass is 281 g/mol. The van der Waals surface area contributed by atoms with Crippen LogP contribution in [0.5, 0.6) is 0 Å². The molecule has 2 rings (SSSR count). The standard InChI is InChI=1S/C15H20ClNO2/c1-11(18)13-5-7-17(8-6-13)15(19)14-4-2-3-12(9-14)10-16/h2-4,9,11,13,18H,5-8,10H2,1H3.